The van der Waals surface area contributed by atoms with Gasteiger partial charge in [0.2, 0.25) is 11.8 Å². The molecule has 0 radical (unpaired) electrons. The number of nitrogens with two attached hydrogens (primary N) is 2. The Balaban J connectivity index is 0.000000234. The van der Waals surface area contributed by atoms with Gasteiger partial charge in [0.05, 0.1) is 11.1 Å². The second-order valence-corrected chi connectivity index (χ2v) is 8.22. The Hall–Kier alpha value is -1.96. The number of amides is 2. The van der Waals surface area contributed by atoms with Gasteiger partial charge in [0.25, 0.3) is 0 Å². The molecule has 0 bridgehead atoms. The van der Waals surface area contributed by atoms with E-state index in [-0.39, 0.29) is 11.8 Å². The van der Waals surface area contributed by atoms with E-state index in [0.717, 1.165) is 58.2 Å². The van der Waals surface area contributed by atoms with Crippen molar-refractivity contribution < 1.29 is 9.59 Å². The fourth-order valence-corrected chi connectivity index (χ4v) is 4.33. The number of likely N-dealkylation sites (tertiary alicyclic amines) is 1. The summed E-state index contributed by atoms with van der Waals surface area (Å²) in [6, 6.07) is 10.4. The van der Waals surface area contributed by atoms with E-state index in [1.54, 1.807) is 0 Å². The predicted octanol–water partition coefficient (Wildman–Crippen LogP) is 1.12. The Bertz CT molecular complexity index is 650. The summed E-state index contributed by atoms with van der Waals surface area (Å²) >= 11 is 0. The van der Waals surface area contributed by atoms with Crippen LogP contribution < -0.4 is 22.1 Å². The summed E-state index contributed by atoms with van der Waals surface area (Å²) < 4.78 is 0. The number of benzene rings is 1. The molecule has 7 nitrogen and oxygen atoms in total. The second kappa shape index (κ2) is 10.7. The molecule has 7 heteroatoms. The van der Waals surface area contributed by atoms with Crippen molar-refractivity contribution in [2.75, 3.05) is 27.2 Å². The quantitative estimate of drug-likeness (QED) is 0.568. The zero-order chi connectivity index (χ0) is 21.3. The largest absolute Gasteiger partial charge is 0.368 e. The first-order valence-corrected chi connectivity index (χ1v) is 10.6. The van der Waals surface area contributed by atoms with Gasteiger partial charge in [0, 0.05) is 19.6 Å². The number of likely N-dealkylation sites (N-methyl/N-ethyl adjacent to an activating group) is 2. The van der Waals surface area contributed by atoms with Gasteiger partial charge < -0.3 is 22.1 Å². The number of hydrogen-bond acceptors (Lipinski definition) is 5. The topological polar surface area (TPSA) is 113 Å². The van der Waals surface area contributed by atoms with Crippen molar-refractivity contribution in [1.29, 1.82) is 0 Å². The van der Waals surface area contributed by atoms with Crippen LogP contribution in [0.25, 0.3) is 0 Å². The zero-order valence-corrected chi connectivity index (χ0v) is 17.9. The number of primary amides is 2. The summed E-state index contributed by atoms with van der Waals surface area (Å²) in [5, 5.41) is 6.14. The van der Waals surface area contributed by atoms with Crippen molar-refractivity contribution >= 4 is 11.8 Å². The first kappa shape index (κ1) is 23.3. The van der Waals surface area contributed by atoms with Crippen LogP contribution in [0.5, 0.6) is 0 Å². The maximum Gasteiger partial charge on any atom is 0.237 e. The van der Waals surface area contributed by atoms with E-state index in [4.69, 9.17) is 11.5 Å². The van der Waals surface area contributed by atoms with E-state index in [1.807, 2.05) is 20.2 Å². The number of nitrogens with zero attached hydrogens (tertiary/aromatic N) is 1. The van der Waals surface area contributed by atoms with Gasteiger partial charge in [-0.2, -0.15) is 0 Å². The third-order valence-corrected chi connectivity index (χ3v) is 6.57. The molecule has 162 valence electrons. The van der Waals surface area contributed by atoms with Gasteiger partial charge in [-0.05, 0) is 45.3 Å². The summed E-state index contributed by atoms with van der Waals surface area (Å²) in [5.41, 5.74) is 11.2. The fraction of sp³-hybridized carbons (Fsp3) is 0.636. The van der Waals surface area contributed by atoms with Crippen molar-refractivity contribution in [1.82, 2.24) is 15.5 Å². The van der Waals surface area contributed by atoms with Gasteiger partial charge in [-0.1, -0.05) is 49.6 Å². The van der Waals surface area contributed by atoms with Crippen molar-refractivity contribution in [3.63, 3.8) is 0 Å². The van der Waals surface area contributed by atoms with Gasteiger partial charge >= 0.3 is 0 Å². The molecular weight excluding hydrogens is 366 g/mol. The molecule has 0 spiro atoms. The first-order chi connectivity index (χ1) is 13.9. The lowest BCUT2D eigenvalue weighted by Crippen LogP contribution is -2.59. The number of carbonyl (C=O) groups excluding carboxylic acids is 2. The summed E-state index contributed by atoms with van der Waals surface area (Å²) in [4.78, 5) is 24.9. The molecular formula is C22H37N5O2. The molecule has 1 saturated carbocycles. The third-order valence-electron chi connectivity index (χ3n) is 6.57. The molecule has 1 saturated heterocycles. The molecule has 0 unspecified atom stereocenters. The summed E-state index contributed by atoms with van der Waals surface area (Å²) in [5.74, 6) is -0.427. The van der Waals surface area contributed by atoms with E-state index in [9.17, 15) is 9.59 Å². The summed E-state index contributed by atoms with van der Waals surface area (Å²) in [6.45, 7) is 2.75. The highest BCUT2D eigenvalue weighted by atomic mass is 16.2. The van der Waals surface area contributed by atoms with Gasteiger partial charge in [-0.3, -0.25) is 14.5 Å². The SMILES string of the molecule is CNC1(C(N)=O)CCCCC1.CNC1(C(N)=O)CCN(Cc2ccccc2)CC1. The highest BCUT2D eigenvalue weighted by Gasteiger charge is 2.38. The second-order valence-electron chi connectivity index (χ2n) is 8.22. The predicted molar refractivity (Wildman–Crippen MR) is 116 cm³/mol. The van der Waals surface area contributed by atoms with Crippen LogP contribution in [0.15, 0.2) is 30.3 Å². The lowest BCUT2D eigenvalue weighted by atomic mass is 9.81. The van der Waals surface area contributed by atoms with Crippen molar-refractivity contribution in [2.45, 2.75) is 62.6 Å². The van der Waals surface area contributed by atoms with Crippen molar-refractivity contribution in [2.24, 2.45) is 11.5 Å². The Morgan fingerprint density at radius 3 is 1.76 bits per heavy atom. The third kappa shape index (κ3) is 6.01. The van der Waals surface area contributed by atoms with Crippen LogP contribution in [0.4, 0.5) is 0 Å². The standard InChI is InChI=1S/C14H21N3O.C8H16N2O/c1-16-14(13(15)18)7-9-17(10-8-14)11-12-5-3-2-4-6-12;1-10-8(7(9)11)5-3-2-4-6-8/h2-6,16H,7-11H2,1H3,(H2,15,18);10H,2-6H2,1H3,(H2,9,11). The average Bonchev–Trinajstić information content (AvgIpc) is 2.76. The van der Waals surface area contributed by atoms with Crippen LogP contribution in [-0.2, 0) is 16.1 Å². The normalized spacial score (nSPS) is 20.9. The molecule has 0 atom stereocenters. The lowest BCUT2D eigenvalue weighted by molar-refractivity contribution is -0.126. The molecule has 1 aromatic rings. The maximum atomic E-state index is 11.5. The number of hydrogen-bond donors (Lipinski definition) is 4. The number of carbonyl (C=O) groups is 2. The molecule has 1 aliphatic heterocycles. The maximum absolute atomic E-state index is 11.5. The zero-order valence-electron chi connectivity index (χ0n) is 17.9. The van der Waals surface area contributed by atoms with Gasteiger partial charge in [0.15, 0.2) is 0 Å². The van der Waals surface area contributed by atoms with Crippen molar-refractivity contribution in [3.05, 3.63) is 35.9 Å². The molecule has 2 fully saturated rings. The highest BCUT2D eigenvalue weighted by molar-refractivity contribution is 5.85. The fourth-order valence-electron chi connectivity index (χ4n) is 4.33. The highest BCUT2D eigenvalue weighted by Crippen LogP contribution is 2.27. The molecule has 29 heavy (non-hydrogen) atoms. The Labute approximate surface area is 174 Å². The Kier molecular flexibility index (Phi) is 8.61. The molecule has 1 aliphatic carbocycles. The van der Waals surface area contributed by atoms with Crippen LogP contribution in [0.1, 0.15) is 50.5 Å². The van der Waals surface area contributed by atoms with Crippen LogP contribution in [0.2, 0.25) is 0 Å². The molecule has 2 aliphatic rings. The first-order valence-electron chi connectivity index (χ1n) is 10.6. The number of nitrogens with one attached hydrogen (secondary N) is 2. The average molecular weight is 404 g/mol. The Morgan fingerprint density at radius 1 is 0.862 bits per heavy atom. The van der Waals surface area contributed by atoms with Gasteiger partial charge in [-0.15, -0.1) is 0 Å². The minimum absolute atomic E-state index is 0.195. The summed E-state index contributed by atoms with van der Waals surface area (Å²) in [7, 11) is 3.63. The van der Waals surface area contributed by atoms with Crippen molar-refractivity contribution in [3.8, 4) is 0 Å². The molecule has 0 aromatic heterocycles. The minimum atomic E-state index is -0.507. The van der Waals surface area contributed by atoms with Crippen LogP contribution >= 0.6 is 0 Å². The van der Waals surface area contributed by atoms with Gasteiger partial charge in [-0.25, -0.2) is 0 Å². The molecule has 3 rings (SSSR count). The minimum Gasteiger partial charge on any atom is -0.368 e. The van der Waals surface area contributed by atoms with E-state index < -0.39 is 11.1 Å². The molecule has 2 amide bonds. The van der Waals surface area contributed by atoms with E-state index >= 15 is 0 Å². The van der Waals surface area contributed by atoms with E-state index in [0.29, 0.717) is 0 Å². The molecule has 6 N–H and O–H groups in total. The Morgan fingerprint density at radius 2 is 1.34 bits per heavy atom. The summed E-state index contributed by atoms with van der Waals surface area (Å²) in [6.07, 6.45) is 6.83. The number of piperidine rings is 1. The van der Waals surface area contributed by atoms with Crippen LogP contribution in [0.3, 0.4) is 0 Å². The monoisotopic (exact) mass is 403 g/mol. The van der Waals surface area contributed by atoms with Crippen LogP contribution in [-0.4, -0.2) is 55.0 Å². The van der Waals surface area contributed by atoms with Crippen LogP contribution in [0, 0.1) is 0 Å². The number of rotatable bonds is 6. The smallest absolute Gasteiger partial charge is 0.237 e. The van der Waals surface area contributed by atoms with E-state index in [2.05, 4.69) is 39.8 Å². The lowest BCUT2D eigenvalue weighted by Gasteiger charge is -2.39. The van der Waals surface area contributed by atoms with E-state index in [1.165, 1.54) is 12.0 Å². The molecule has 1 heterocycles. The molecule has 1 aromatic carbocycles. The van der Waals surface area contributed by atoms with Gasteiger partial charge in [0.1, 0.15) is 0 Å².